The van der Waals surface area contributed by atoms with Crippen LogP contribution in [-0.2, 0) is 4.79 Å². The van der Waals surface area contributed by atoms with E-state index in [1.807, 2.05) is 42.3 Å². The summed E-state index contributed by atoms with van der Waals surface area (Å²) in [6.45, 7) is 4.85. The first-order valence-electron chi connectivity index (χ1n) is 10.8. The normalized spacial score (nSPS) is 25.5. The van der Waals surface area contributed by atoms with Crippen molar-refractivity contribution in [1.82, 2.24) is 9.80 Å². The lowest BCUT2D eigenvalue weighted by Crippen LogP contribution is -2.50. The third kappa shape index (κ3) is 4.40. The van der Waals surface area contributed by atoms with Crippen LogP contribution in [0.1, 0.15) is 62.7 Å². The summed E-state index contributed by atoms with van der Waals surface area (Å²) in [5, 5.41) is 0. The van der Waals surface area contributed by atoms with Crippen molar-refractivity contribution in [2.75, 3.05) is 13.6 Å². The van der Waals surface area contributed by atoms with Gasteiger partial charge in [0, 0.05) is 31.2 Å². The molecule has 4 atom stereocenters. The minimum absolute atomic E-state index is 0.000585. The SMILES string of the molecule is CC(C)C(N)CCN(C)C(=O)C1CC2CCCCC2N1C(=O)c1ccccc1. The molecule has 1 heterocycles. The summed E-state index contributed by atoms with van der Waals surface area (Å²) in [5.41, 5.74) is 6.84. The van der Waals surface area contributed by atoms with Gasteiger partial charge in [0.2, 0.25) is 5.91 Å². The van der Waals surface area contributed by atoms with E-state index in [0.29, 0.717) is 23.9 Å². The van der Waals surface area contributed by atoms with E-state index < -0.39 is 0 Å². The molecule has 0 bridgehead atoms. The second-order valence-corrected chi connectivity index (χ2v) is 8.90. The second kappa shape index (κ2) is 9.08. The first kappa shape index (κ1) is 20.8. The van der Waals surface area contributed by atoms with Gasteiger partial charge in [-0.15, -0.1) is 0 Å². The monoisotopic (exact) mass is 385 g/mol. The first-order valence-corrected chi connectivity index (χ1v) is 10.8. The molecule has 2 N–H and O–H groups in total. The van der Waals surface area contributed by atoms with Gasteiger partial charge in [0.25, 0.3) is 5.91 Å². The summed E-state index contributed by atoms with van der Waals surface area (Å²) >= 11 is 0. The number of carbonyl (C=O) groups excluding carboxylic acids is 2. The third-order valence-corrected chi connectivity index (χ3v) is 6.66. The van der Waals surface area contributed by atoms with Crippen molar-refractivity contribution in [3.8, 4) is 0 Å². The number of hydrogen-bond donors (Lipinski definition) is 1. The summed E-state index contributed by atoms with van der Waals surface area (Å²) in [4.78, 5) is 30.3. The van der Waals surface area contributed by atoms with E-state index in [1.54, 1.807) is 4.90 Å². The highest BCUT2D eigenvalue weighted by atomic mass is 16.2. The largest absolute Gasteiger partial charge is 0.344 e. The fraction of sp³-hybridized carbons (Fsp3) is 0.652. The Morgan fingerprint density at radius 3 is 2.54 bits per heavy atom. The zero-order valence-corrected chi connectivity index (χ0v) is 17.5. The molecule has 0 spiro atoms. The highest BCUT2D eigenvalue weighted by Crippen LogP contribution is 2.41. The number of carbonyl (C=O) groups is 2. The smallest absolute Gasteiger partial charge is 0.254 e. The number of nitrogens with zero attached hydrogens (tertiary/aromatic N) is 2. The molecule has 1 aliphatic carbocycles. The van der Waals surface area contributed by atoms with Gasteiger partial charge in [0.15, 0.2) is 0 Å². The van der Waals surface area contributed by atoms with Crippen LogP contribution in [0.4, 0.5) is 0 Å². The summed E-state index contributed by atoms with van der Waals surface area (Å²) < 4.78 is 0. The van der Waals surface area contributed by atoms with Crippen LogP contribution in [0.5, 0.6) is 0 Å². The summed E-state index contributed by atoms with van der Waals surface area (Å²) in [7, 11) is 1.85. The fourth-order valence-electron chi connectivity index (χ4n) is 4.74. The number of nitrogens with two attached hydrogens (primary N) is 1. The van der Waals surface area contributed by atoms with Crippen LogP contribution >= 0.6 is 0 Å². The zero-order valence-electron chi connectivity index (χ0n) is 17.5. The van der Waals surface area contributed by atoms with Crippen molar-refractivity contribution in [1.29, 1.82) is 0 Å². The number of amides is 2. The quantitative estimate of drug-likeness (QED) is 0.817. The minimum Gasteiger partial charge on any atom is -0.344 e. The predicted octanol–water partition coefficient (Wildman–Crippen LogP) is 3.29. The molecule has 28 heavy (non-hydrogen) atoms. The molecule has 1 aromatic rings. The third-order valence-electron chi connectivity index (χ3n) is 6.66. The summed E-state index contributed by atoms with van der Waals surface area (Å²) in [6.07, 6.45) is 6.05. The molecular weight excluding hydrogens is 350 g/mol. The van der Waals surface area contributed by atoms with Crippen LogP contribution in [0.2, 0.25) is 0 Å². The Balaban J connectivity index is 1.77. The Bertz CT molecular complexity index is 676. The molecule has 154 valence electrons. The average Bonchev–Trinajstić information content (AvgIpc) is 3.10. The average molecular weight is 386 g/mol. The van der Waals surface area contributed by atoms with E-state index in [2.05, 4.69) is 13.8 Å². The lowest BCUT2D eigenvalue weighted by Gasteiger charge is -2.35. The Morgan fingerprint density at radius 2 is 1.86 bits per heavy atom. The molecule has 0 radical (unpaired) electrons. The van der Waals surface area contributed by atoms with Crippen molar-refractivity contribution in [2.45, 2.75) is 70.5 Å². The highest BCUT2D eigenvalue weighted by molar-refractivity contribution is 5.98. The van der Waals surface area contributed by atoms with E-state index in [0.717, 1.165) is 32.1 Å². The first-order chi connectivity index (χ1) is 13.4. The molecule has 2 fully saturated rings. The fourth-order valence-corrected chi connectivity index (χ4v) is 4.74. The van der Waals surface area contributed by atoms with E-state index in [1.165, 1.54) is 6.42 Å². The summed E-state index contributed by atoms with van der Waals surface area (Å²) in [6, 6.07) is 9.33. The maximum atomic E-state index is 13.3. The standard InChI is InChI=1S/C23H35N3O2/c1-16(2)19(24)13-14-25(3)23(28)21-15-18-11-7-8-12-20(18)26(21)22(27)17-9-5-4-6-10-17/h4-6,9-10,16,18-21H,7-8,11-15,24H2,1-3H3. The van der Waals surface area contributed by atoms with Crippen molar-refractivity contribution < 1.29 is 9.59 Å². The van der Waals surface area contributed by atoms with Gasteiger partial charge in [-0.1, -0.05) is 44.9 Å². The van der Waals surface area contributed by atoms with Gasteiger partial charge < -0.3 is 15.5 Å². The topological polar surface area (TPSA) is 66.6 Å². The second-order valence-electron chi connectivity index (χ2n) is 8.90. The van der Waals surface area contributed by atoms with Crippen molar-refractivity contribution in [3.05, 3.63) is 35.9 Å². The maximum absolute atomic E-state index is 13.3. The van der Waals surface area contributed by atoms with Gasteiger partial charge in [-0.3, -0.25) is 9.59 Å². The summed E-state index contributed by atoms with van der Waals surface area (Å²) in [5.74, 6) is 0.908. The van der Waals surface area contributed by atoms with E-state index in [4.69, 9.17) is 5.73 Å². The van der Waals surface area contributed by atoms with Crippen LogP contribution in [0.3, 0.4) is 0 Å². The van der Waals surface area contributed by atoms with E-state index in [9.17, 15) is 9.59 Å². The van der Waals surface area contributed by atoms with Gasteiger partial charge in [0.1, 0.15) is 6.04 Å². The van der Waals surface area contributed by atoms with Crippen LogP contribution in [0.25, 0.3) is 0 Å². The van der Waals surface area contributed by atoms with Crippen LogP contribution in [-0.4, -0.2) is 53.3 Å². The van der Waals surface area contributed by atoms with Gasteiger partial charge >= 0.3 is 0 Å². The Morgan fingerprint density at radius 1 is 1.18 bits per heavy atom. The molecule has 0 aromatic heterocycles. The number of likely N-dealkylation sites (tertiary alicyclic amines) is 1. The zero-order chi connectivity index (χ0) is 20.3. The number of likely N-dealkylation sites (N-methyl/N-ethyl adjacent to an activating group) is 1. The molecule has 1 saturated heterocycles. The molecule has 2 amide bonds. The van der Waals surface area contributed by atoms with E-state index >= 15 is 0 Å². The van der Waals surface area contributed by atoms with Gasteiger partial charge in [-0.2, -0.15) is 0 Å². The lowest BCUT2D eigenvalue weighted by molar-refractivity contribution is -0.134. The molecule has 5 heteroatoms. The van der Waals surface area contributed by atoms with Crippen LogP contribution < -0.4 is 5.73 Å². The molecule has 5 nitrogen and oxygen atoms in total. The number of fused-ring (bicyclic) bond motifs is 1. The molecule has 2 aliphatic rings. The number of hydrogen-bond acceptors (Lipinski definition) is 3. The lowest BCUT2D eigenvalue weighted by atomic mass is 9.84. The highest BCUT2D eigenvalue weighted by Gasteiger charge is 2.48. The molecule has 3 rings (SSSR count). The Labute approximate surface area is 169 Å². The minimum atomic E-state index is -0.346. The molecular formula is C23H35N3O2. The number of benzene rings is 1. The molecule has 4 unspecified atom stereocenters. The number of rotatable bonds is 6. The van der Waals surface area contributed by atoms with Crippen LogP contribution in [0.15, 0.2) is 30.3 Å². The van der Waals surface area contributed by atoms with Gasteiger partial charge in [-0.05, 0) is 49.7 Å². The van der Waals surface area contributed by atoms with Crippen molar-refractivity contribution in [3.63, 3.8) is 0 Å². The van der Waals surface area contributed by atoms with Crippen LogP contribution in [0, 0.1) is 11.8 Å². The van der Waals surface area contributed by atoms with Crippen molar-refractivity contribution in [2.24, 2.45) is 17.6 Å². The Hall–Kier alpha value is -1.88. The van der Waals surface area contributed by atoms with Gasteiger partial charge in [-0.25, -0.2) is 0 Å². The van der Waals surface area contributed by atoms with Crippen molar-refractivity contribution >= 4 is 11.8 Å². The predicted molar refractivity (Wildman–Crippen MR) is 112 cm³/mol. The van der Waals surface area contributed by atoms with Gasteiger partial charge in [0.05, 0.1) is 0 Å². The molecule has 1 saturated carbocycles. The molecule has 1 aliphatic heterocycles. The maximum Gasteiger partial charge on any atom is 0.254 e. The van der Waals surface area contributed by atoms with E-state index in [-0.39, 0.29) is 29.9 Å². The molecule has 1 aromatic carbocycles. The Kier molecular flexibility index (Phi) is 6.76.